The van der Waals surface area contributed by atoms with Crippen LogP contribution in [0.15, 0.2) is 72.9 Å². The molecule has 212 valence electrons. The van der Waals surface area contributed by atoms with Gasteiger partial charge in [0.2, 0.25) is 0 Å². The zero-order valence-electron chi connectivity index (χ0n) is 23.7. The Morgan fingerprint density at radius 2 is 1.83 bits per heavy atom. The molecule has 1 saturated heterocycles. The van der Waals surface area contributed by atoms with Gasteiger partial charge in [0, 0.05) is 61.1 Å². The van der Waals surface area contributed by atoms with E-state index >= 15 is 0 Å². The Balaban J connectivity index is 0.966. The summed E-state index contributed by atoms with van der Waals surface area (Å²) in [6, 6.07) is 23.9. The molecule has 6 heteroatoms. The number of hydrogen-bond acceptors (Lipinski definition) is 4. The minimum absolute atomic E-state index is 0.351. The van der Waals surface area contributed by atoms with Gasteiger partial charge in [0.15, 0.2) is 0 Å². The number of nitrogens with zero attached hydrogens (tertiary/aromatic N) is 3. The molecule has 5 nitrogen and oxygen atoms in total. The summed E-state index contributed by atoms with van der Waals surface area (Å²) in [5.41, 5.74) is 6.53. The van der Waals surface area contributed by atoms with Crippen molar-refractivity contribution in [1.29, 1.82) is 0 Å². The molecule has 1 fully saturated rings. The Morgan fingerprint density at radius 3 is 2.68 bits per heavy atom. The lowest BCUT2D eigenvalue weighted by Crippen LogP contribution is -2.46. The third kappa shape index (κ3) is 6.41. The van der Waals surface area contributed by atoms with Gasteiger partial charge in [-0.1, -0.05) is 47.9 Å². The van der Waals surface area contributed by atoms with Crippen molar-refractivity contribution in [2.45, 2.75) is 38.3 Å². The molecule has 1 atom stereocenters. The molecule has 0 bridgehead atoms. The van der Waals surface area contributed by atoms with Gasteiger partial charge in [-0.2, -0.15) is 0 Å². The van der Waals surface area contributed by atoms with Gasteiger partial charge in [0.1, 0.15) is 5.75 Å². The van der Waals surface area contributed by atoms with E-state index < -0.39 is 0 Å². The van der Waals surface area contributed by atoms with Crippen LogP contribution < -0.4 is 15.0 Å². The van der Waals surface area contributed by atoms with Crippen LogP contribution in [-0.4, -0.2) is 55.3 Å². The second kappa shape index (κ2) is 13.0. The minimum Gasteiger partial charge on any atom is -0.493 e. The van der Waals surface area contributed by atoms with E-state index in [0.717, 1.165) is 82.3 Å². The number of ether oxygens (including phenoxy) is 1. The number of piperazine rings is 1. The number of rotatable bonds is 11. The van der Waals surface area contributed by atoms with Gasteiger partial charge in [-0.05, 0) is 85.3 Å². The summed E-state index contributed by atoms with van der Waals surface area (Å²) in [6.45, 7) is 7.63. The number of unbranched alkanes of at least 4 members (excludes halogenated alkanes) is 1. The fraction of sp³-hybridized carbons (Fsp3) is 0.371. The summed E-state index contributed by atoms with van der Waals surface area (Å²) in [4.78, 5) is 5.15. The van der Waals surface area contributed by atoms with E-state index in [2.05, 4.69) is 80.3 Å². The van der Waals surface area contributed by atoms with Crippen LogP contribution in [0, 0.1) is 12.3 Å². The fourth-order valence-electron chi connectivity index (χ4n) is 6.43. The maximum Gasteiger partial charge on any atom is 0.122 e. The standard InChI is InChI=1S/C35H39ClN4O/c1-2-17-37-32-15-14-30-29(32)10-6-13-35(30)41-24-4-3-18-38-20-22-39(23-21-38)33-11-7-12-34-31(33)16-19-40(34)26-27-8-5-9-28(36)25-27/h1,5-13,16,19,25,32,37H,3-4,14-15,17-18,20-24,26H2. The summed E-state index contributed by atoms with van der Waals surface area (Å²) in [6.07, 6.45) is 12.0. The van der Waals surface area contributed by atoms with E-state index in [1.807, 2.05) is 18.2 Å². The lowest BCUT2D eigenvalue weighted by atomic mass is 10.1. The summed E-state index contributed by atoms with van der Waals surface area (Å²) >= 11 is 6.22. The molecular weight excluding hydrogens is 528 g/mol. The van der Waals surface area contributed by atoms with Gasteiger partial charge < -0.3 is 14.2 Å². The Labute approximate surface area is 249 Å². The third-order valence-corrected chi connectivity index (χ3v) is 8.79. The van der Waals surface area contributed by atoms with Gasteiger partial charge in [-0.25, -0.2) is 0 Å². The first-order chi connectivity index (χ1) is 20.2. The molecule has 1 aliphatic heterocycles. The Kier molecular flexibility index (Phi) is 8.82. The number of fused-ring (bicyclic) bond motifs is 2. The number of terminal acetylenes is 1. The van der Waals surface area contributed by atoms with Gasteiger partial charge in [-0.15, -0.1) is 6.42 Å². The SMILES string of the molecule is C#CCNC1CCc2c(OCCCCN3CCN(c4cccc5c4ccn5Cc4cccc(Cl)c4)CC3)cccc21. The van der Waals surface area contributed by atoms with Gasteiger partial charge in [-0.3, -0.25) is 10.2 Å². The highest BCUT2D eigenvalue weighted by molar-refractivity contribution is 6.30. The normalized spacial score (nSPS) is 17.1. The van der Waals surface area contributed by atoms with Crippen LogP contribution in [0.3, 0.4) is 0 Å². The molecule has 1 aromatic heterocycles. The number of benzene rings is 3. The van der Waals surface area contributed by atoms with E-state index in [-0.39, 0.29) is 0 Å². The quantitative estimate of drug-likeness (QED) is 0.165. The van der Waals surface area contributed by atoms with Crippen molar-refractivity contribution in [2.75, 3.05) is 50.8 Å². The molecule has 0 spiro atoms. The van der Waals surface area contributed by atoms with Crippen molar-refractivity contribution >= 4 is 28.2 Å². The van der Waals surface area contributed by atoms with Crippen molar-refractivity contribution in [1.82, 2.24) is 14.8 Å². The van der Waals surface area contributed by atoms with E-state index in [9.17, 15) is 0 Å². The van der Waals surface area contributed by atoms with Crippen molar-refractivity contribution in [2.24, 2.45) is 0 Å². The second-order valence-electron chi connectivity index (χ2n) is 11.2. The topological polar surface area (TPSA) is 32.7 Å². The van der Waals surface area contributed by atoms with Crippen LogP contribution >= 0.6 is 11.6 Å². The molecule has 0 amide bonds. The second-order valence-corrected chi connectivity index (χ2v) is 11.6. The summed E-state index contributed by atoms with van der Waals surface area (Å²) in [5.74, 6) is 3.74. The van der Waals surface area contributed by atoms with Gasteiger partial charge in [0.25, 0.3) is 0 Å². The molecule has 2 heterocycles. The lowest BCUT2D eigenvalue weighted by molar-refractivity contribution is 0.238. The Bertz CT molecular complexity index is 1510. The molecular formula is C35H39ClN4O. The predicted octanol–water partition coefficient (Wildman–Crippen LogP) is 6.53. The van der Waals surface area contributed by atoms with Gasteiger partial charge in [0.05, 0.1) is 18.7 Å². The number of anilines is 1. The molecule has 6 rings (SSSR count). The first-order valence-corrected chi connectivity index (χ1v) is 15.3. The summed E-state index contributed by atoms with van der Waals surface area (Å²) in [5, 5.41) is 5.56. The summed E-state index contributed by atoms with van der Waals surface area (Å²) < 4.78 is 8.57. The summed E-state index contributed by atoms with van der Waals surface area (Å²) in [7, 11) is 0. The van der Waals surface area contributed by atoms with Crippen molar-refractivity contribution in [3.8, 4) is 18.1 Å². The molecule has 41 heavy (non-hydrogen) atoms. The monoisotopic (exact) mass is 566 g/mol. The zero-order valence-corrected chi connectivity index (χ0v) is 24.5. The van der Waals surface area contributed by atoms with Gasteiger partial charge >= 0.3 is 0 Å². The highest BCUT2D eigenvalue weighted by atomic mass is 35.5. The van der Waals surface area contributed by atoms with Crippen LogP contribution in [-0.2, 0) is 13.0 Å². The molecule has 4 aromatic rings. The van der Waals surface area contributed by atoms with E-state index in [0.29, 0.717) is 12.6 Å². The van der Waals surface area contributed by atoms with Crippen LogP contribution in [0.25, 0.3) is 10.9 Å². The molecule has 0 radical (unpaired) electrons. The Hall–Kier alpha value is -3.43. The first-order valence-electron chi connectivity index (χ1n) is 14.9. The molecule has 1 unspecified atom stereocenters. The smallest absolute Gasteiger partial charge is 0.122 e. The highest BCUT2D eigenvalue weighted by Gasteiger charge is 2.24. The van der Waals surface area contributed by atoms with Crippen LogP contribution in [0.1, 0.15) is 42.0 Å². The average molecular weight is 567 g/mol. The Morgan fingerprint density at radius 1 is 0.976 bits per heavy atom. The average Bonchev–Trinajstić information content (AvgIpc) is 3.61. The molecule has 2 aliphatic rings. The number of nitrogens with one attached hydrogen (secondary N) is 1. The first kappa shape index (κ1) is 27.7. The maximum absolute atomic E-state index is 6.25. The molecule has 1 aliphatic carbocycles. The zero-order chi connectivity index (χ0) is 28.0. The fourth-order valence-corrected chi connectivity index (χ4v) is 6.65. The largest absolute Gasteiger partial charge is 0.493 e. The van der Waals surface area contributed by atoms with Crippen molar-refractivity contribution < 1.29 is 4.74 Å². The van der Waals surface area contributed by atoms with E-state index in [1.165, 1.54) is 33.3 Å². The maximum atomic E-state index is 6.25. The molecule has 1 N–H and O–H groups in total. The van der Waals surface area contributed by atoms with Crippen molar-refractivity contribution in [3.63, 3.8) is 0 Å². The predicted molar refractivity (Wildman–Crippen MR) is 170 cm³/mol. The van der Waals surface area contributed by atoms with Crippen LogP contribution in [0.4, 0.5) is 5.69 Å². The number of aromatic nitrogens is 1. The molecule has 0 saturated carbocycles. The minimum atomic E-state index is 0.351. The lowest BCUT2D eigenvalue weighted by Gasteiger charge is -2.36. The van der Waals surface area contributed by atoms with Crippen molar-refractivity contribution in [3.05, 3.63) is 94.6 Å². The highest BCUT2D eigenvalue weighted by Crippen LogP contribution is 2.37. The van der Waals surface area contributed by atoms with E-state index in [1.54, 1.807) is 0 Å². The third-order valence-electron chi connectivity index (χ3n) is 8.55. The van der Waals surface area contributed by atoms with Crippen LogP contribution in [0.2, 0.25) is 5.02 Å². The number of hydrogen-bond donors (Lipinski definition) is 1. The number of halogens is 1. The molecule has 3 aromatic carbocycles. The van der Waals surface area contributed by atoms with E-state index in [4.69, 9.17) is 22.8 Å². The van der Waals surface area contributed by atoms with Crippen LogP contribution in [0.5, 0.6) is 5.75 Å².